The highest BCUT2D eigenvalue weighted by Crippen LogP contribution is 2.10. The topological polar surface area (TPSA) is 54.0 Å². The van der Waals surface area contributed by atoms with Crippen molar-refractivity contribution in [3.05, 3.63) is 16.1 Å². The highest BCUT2D eigenvalue weighted by molar-refractivity contribution is 7.09. The van der Waals surface area contributed by atoms with Crippen LogP contribution in [-0.4, -0.2) is 23.5 Å². The van der Waals surface area contributed by atoms with Crippen LogP contribution in [0.3, 0.4) is 0 Å². The highest BCUT2D eigenvalue weighted by atomic mass is 32.1. The molecule has 0 bridgehead atoms. The fourth-order valence-electron chi connectivity index (χ4n) is 2.04. The molecule has 2 rings (SSSR count). The van der Waals surface area contributed by atoms with E-state index in [1.165, 1.54) is 12.8 Å². The van der Waals surface area contributed by atoms with Crippen LogP contribution in [0, 0.1) is 6.92 Å². The largest absolute Gasteiger partial charge is 0.349 e. The summed E-state index contributed by atoms with van der Waals surface area (Å²) in [5.41, 5.74) is 0.953. The van der Waals surface area contributed by atoms with Crippen molar-refractivity contribution < 1.29 is 4.79 Å². The molecule has 0 saturated carbocycles. The molecule has 0 aliphatic carbocycles. The maximum Gasteiger partial charge on any atom is 0.237 e. The molecule has 1 atom stereocenters. The van der Waals surface area contributed by atoms with Crippen molar-refractivity contribution in [2.45, 2.75) is 45.2 Å². The smallest absolute Gasteiger partial charge is 0.237 e. The Hall–Kier alpha value is -0.940. The average Bonchev–Trinajstić information content (AvgIpc) is 2.58. The van der Waals surface area contributed by atoms with Gasteiger partial charge in [-0.25, -0.2) is 4.98 Å². The molecule has 0 spiro atoms. The summed E-state index contributed by atoms with van der Waals surface area (Å²) in [6.45, 7) is 3.47. The molecule has 1 unspecified atom stereocenters. The van der Waals surface area contributed by atoms with Gasteiger partial charge < -0.3 is 10.6 Å². The van der Waals surface area contributed by atoms with Crippen LogP contribution in [0.1, 0.15) is 36.4 Å². The number of rotatable bonds is 3. The fraction of sp³-hybridized carbons (Fsp3) is 0.667. The van der Waals surface area contributed by atoms with Crippen molar-refractivity contribution in [3.8, 4) is 0 Å². The first-order chi connectivity index (χ1) is 8.25. The van der Waals surface area contributed by atoms with Gasteiger partial charge in [-0.05, 0) is 26.3 Å². The molecule has 1 saturated heterocycles. The van der Waals surface area contributed by atoms with E-state index in [1.807, 2.05) is 12.3 Å². The third-order valence-corrected chi connectivity index (χ3v) is 3.81. The number of hydrogen-bond acceptors (Lipinski definition) is 4. The Morgan fingerprint density at radius 2 is 2.47 bits per heavy atom. The lowest BCUT2D eigenvalue weighted by Gasteiger charge is -2.14. The Balaban J connectivity index is 1.79. The third-order valence-electron chi connectivity index (χ3n) is 2.99. The molecular formula is C12H19N3OS. The lowest BCUT2D eigenvalue weighted by molar-refractivity contribution is -0.123. The van der Waals surface area contributed by atoms with Gasteiger partial charge in [-0.2, -0.15) is 0 Å². The van der Waals surface area contributed by atoms with E-state index in [9.17, 15) is 4.79 Å². The number of nitrogens with one attached hydrogen (secondary N) is 2. The minimum atomic E-state index is -0.0165. The zero-order valence-corrected chi connectivity index (χ0v) is 11.0. The summed E-state index contributed by atoms with van der Waals surface area (Å²) in [4.78, 5) is 16.3. The maximum absolute atomic E-state index is 11.9. The Morgan fingerprint density at radius 1 is 1.59 bits per heavy atom. The van der Waals surface area contributed by atoms with Gasteiger partial charge in [0, 0.05) is 5.38 Å². The standard InChI is InChI=1S/C12H19N3OS/c1-9-15-10(8-17-9)7-14-12(16)11-5-3-2-4-6-13-11/h8,11,13H,2-7H2,1H3,(H,14,16). The maximum atomic E-state index is 11.9. The van der Waals surface area contributed by atoms with E-state index in [0.29, 0.717) is 6.54 Å². The van der Waals surface area contributed by atoms with Crippen molar-refractivity contribution in [2.75, 3.05) is 6.54 Å². The summed E-state index contributed by atoms with van der Waals surface area (Å²) in [6.07, 6.45) is 4.49. The number of hydrogen-bond donors (Lipinski definition) is 2. The predicted octanol–water partition coefficient (Wildman–Crippen LogP) is 1.60. The van der Waals surface area contributed by atoms with Crippen molar-refractivity contribution in [3.63, 3.8) is 0 Å². The molecule has 5 heteroatoms. The monoisotopic (exact) mass is 253 g/mol. The Kier molecular flexibility index (Phi) is 4.50. The van der Waals surface area contributed by atoms with Crippen LogP contribution in [0.4, 0.5) is 0 Å². The first kappa shape index (κ1) is 12.5. The van der Waals surface area contributed by atoms with Gasteiger partial charge in [0.2, 0.25) is 5.91 Å². The number of nitrogens with zero attached hydrogens (tertiary/aromatic N) is 1. The number of carbonyl (C=O) groups is 1. The normalized spacial score (nSPS) is 20.9. The summed E-state index contributed by atoms with van der Waals surface area (Å²) >= 11 is 1.62. The fourth-order valence-corrected chi connectivity index (χ4v) is 2.66. The van der Waals surface area contributed by atoms with Gasteiger partial charge in [0.15, 0.2) is 0 Å². The molecule has 0 radical (unpaired) electrons. The van der Waals surface area contributed by atoms with Crippen molar-refractivity contribution >= 4 is 17.2 Å². The molecule has 1 fully saturated rings. The second-order valence-corrected chi connectivity index (χ2v) is 5.49. The van der Waals surface area contributed by atoms with Gasteiger partial charge in [0.1, 0.15) is 0 Å². The molecule has 2 heterocycles. The van der Waals surface area contributed by atoms with Crippen LogP contribution in [0.25, 0.3) is 0 Å². The second-order valence-electron chi connectivity index (χ2n) is 4.43. The van der Waals surface area contributed by atoms with Crippen LogP contribution in [0.5, 0.6) is 0 Å². The summed E-state index contributed by atoms with van der Waals surface area (Å²) in [6, 6.07) is -0.0165. The zero-order chi connectivity index (χ0) is 12.1. The van der Waals surface area contributed by atoms with E-state index in [1.54, 1.807) is 11.3 Å². The van der Waals surface area contributed by atoms with E-state index in [-0.39, 0.29) is 11.9 Å². The molecular weight excluding hydrogens is 234 g/mol. The molecule has 0 aromatic carbocycles. The molecule has 94 valence electrons. The number of amides is 1. The molecule has 1 aromatic heterocycles. The molecule has 1 aromatic rings. The summed E-state index contributed by atoms with van der Waals surface area (Å²) < 4.78 is 0. The molecule has 1 aliphatic heterocycles. The van der Waals surface area contributed by atoms with Crippen LogP contribution >= 0.6 is 11.3 Å². The van der Waals surface area contributed by atoms with E-state index >= 15 is 0 Å². The SMILES string of the molecule is Cc1nc(CNC(=O)C2CCCCCN2)cs1. The van der Waals surface area contributed by atoms with Gasteiger partial charge in [0.25, 0.3) is 0 Å². The average molecular weight is 253 g/mol. The first-order valence-corrected chi connectivity index (χ1v) is 7.06. The van der Waals surface area contributed by atoms with Crippen molar-refractivity contribution in [1.29, 1.82) is 0 Å². The number of carbonyl (C=O) groups excluding carboxylic acids is 1. The molecule has 1 amide bonds. The summed E-state index contributed by atoms with van der Waals surface area (Å²) in [5, 5.41) is 9.29. The van der Waals surface area contributed by atoms with Gasteiger partial charge in [0.05, 0.1) is 23.3 Å². The zero-order valence-electron chi connectivity index (χ0n) is 10.2. The Bertz CT molecular complexity index is 370. The number of aromatic nitrogens is 1. The lowest BCUT2D eigenvalue weighted by Crippen LogP contribution is -2.43. The highest BCUT2D eigenvalue weighted by Gasteiger charge is 2.19. The van der Waals surface area contributed by atoms with Gasteiger partial charge >= 0.3 is 0 Å². The van der Waals surface area contributed by atoms with Crippen molar-refractivity contribution in [1.82, 2.24) is 15.6 Å². The second kappa shape index (κ2) is 6.12. The molecule has 2 N–H and O–H groups in total. The molecule has 4 nitrogen and oxygen atoms in total. The van der Waals surface area contributed by atoms with E-state index in [2.05, 4.69) is 15.6 Å². The third kappa shape index (κ3) is 3.78. The van der Waals surface area contributed by atoms with E-state index < -0.39 is 0 Å². The van der Waals surface area contributed by atoms with Crippen LogP contribution in [0.2, 0.25) is 0 Å². The van der Waals surface area contributed by atoms with Crippen LogP contribution in [0.15, 0.2) is 5.38 Å². The van der Waals surface area contributed by atoms with Crippen molar-refractivity contribution in [2.24, 2.45) is 0 Å². The van der Waals surface area contributed by atoms with Gasteiger partial charge in [-0.3, -0.25) is 4.79 Å². The van der Waals surface area contributed by atoms with Crippen LogP contribution < -0.4 is 10.6 Å². The number of thiazole rings is 1. The summed E-state index contributed by atoms with van der Waals surface area (Å²) in [5.74, 6) is 0.109. The van der Waals surface area contributed by atoms with E-state index in [4.69, 9.17) is 0 Å². The molecule has 1 aliphatic rings. The lowest BCUT2D eigenvalue weighted by atomic mass is 10.1. The van der Waals surface area contributed by atoms with E-state index in [0.717, 1.165) is 30.1 Å². The number of aryl methyl sites for hydroxylation is 1. The minimum absolute atomic E-state index is 0.0165. The molecule has 17 heavy (non-hydrogen) atoms. The Labute approximate surface area is 106 Å². The predicted molar refractivity (Wildman–Crippen MR) is 69.0 cm³/mol. The van der Waals surface area contributed by atoms with Gasteiger partial charge in [-0.15, -0.1) is 11.3 Å². The first-order valence-electron chi connectivity index (χ1n) is 6.18. The minimum Gasteiger partial charge on any atom is -0.349 e. The van der Waals surface area contributed by atoms with Crippen LogP contribution in [-0.2, 0) is 11.3 Å². The quantitative estimate of drug-likeness (QED) is 0.860. The van der Waals surface area contributed by atoms with Gasteiger partial charge in [-0.1, -0.05) is 12.8 Å². The summed E-state index contributed by atoms with van der Waals surface area (Å²) in [7, 11) is 0. The Morgan fingerprint density at radius 3 is 3.24 bits per heavy atom.